The maximum atomic E-state index is 11.5. The summed E-state index contributed by atoms with van der Waals surface area (Å²) in [6.07, 6.45) is 6.06. The summed E-state index contributed by atoms with van der Waals surface area (Å²) in [5, 5.41) is 10.3. The zero-order chi connectivity index (χ0) is 16.7. The molecule has 132 valence electrons. The molecule has 2 unspecified atom stereocenters. The van der Waals surface area contributed by atoms with Crippen LogP contribution in [0.1, 0.15) is 50.9 Å². The standard InChI is InChI=1S/C16H28N2O4S/c1-2-23(20,21)17-9-11-18-10-5-3-4-7-14(18)13-15(19)16-8-6-12-22-16/h6,8,12,14-15,17,19H,2-5,7,9-11,13H2,1H3. The number of aliphatic hydroxyl groups is 1. The van der Waals surface area contributed by atoms with Crippen LogP contribution in [0.4, 0.5) is 0 Å². The summed E-state index contributed by atoms with van der Waals surface area (Å²) in [6, 6.07) is 3.83. The third-order valence-electron chi connectivity index (χ3n) is 4.47. The van der Waals surface area contributed by atoms with E-state index < -0.39 is 16.1 Å². The predicted octanol–water partition coefficient (Wildman–Crippen LogP) is 1.89. The maximum Gasteiger partial charge on any atom is 0.211 e. The minimum absolute atomic E-state index is 0.105. The highest BCUT2D eigenvalue weighted by molar-refractivity contribution is 7.89. The molecule has 7 heteroatoms. The van der Waals surface area contributed by atoms with Gasteiger partial charge in [0.05, 0.1) is 12.0 Å². The van der Waals surface area contributed by atoms with Crippen LogP contribution in [0, 0.1) is 0 Å². The zero-order valence-electron chi connectivity index (χ0n) is 13.8. The number of likely N-dealkylation sites (tertiary alicyclic amines) is 1. The first-order chi connectivity index (χ1) is 11.0. The second-order valence-electron chi connectivity index (χ2n) is 6.10. The van der Waals surface area contributed by atoms with Gasteiger partial charge in [-0.05, 0) is 44.9 Å². The quantitative estimate of drug-likeness (QED) is 0.752. The molecule has 1 aromatic rings. The van der Waals surface area contributed by atoms with Gasteiger partial charge in [0.25, 0.3) is 0 Å². The SMILES string of the molecule is CCS(=O)(=O)NCCN1CCCCCC1CC(O)c1ccco1. The van der Waals surface area contributed by atoms with Crippen molar-refractivity contribution in [3.63, 3.8) is 0 Å². The molecule has 1 aliphatic rings. The number of hydrogen-bond donors (Lipinski definition) is 2. The van der Waals surface area contributed by atoms with E-state index in [1.165, 1.54) is 6.42 Å². The van der Waals surface area contributed by atoms with Crippen LogP contribution in [0.2, 0.25) is 0 Å². The fourth-order valence-corrected chi connectivity index (χ4v) is 3.71. The lowest BCUT2D eigenvalue weighted by atomic mass is 10.0. The van der Waals surface area contributed by atoms with Gasteiger partial charge in [-0.3, -0.25) is 4.90 Å². The van der Waals surface area contributed by atoms with Crippen LogP contribution in [0.5, 0.6) is 0 Å². The monoisotopic (exact) mass is 344 g/mol. The molecule has 2 heterocycles. The van der Waals surface area contributed by atoms with Crippen molar-refractivity contribution in [2.75, 3.05) is 25.4 Å². The number of rotatable bonds is 8. The first kappa shape index (κ1) is 18.4. The molecule has 1 aliphatic heterocycles. The molecular weight excluding hydrogens is 316 g/mol. The number of hydrogen-bond acceptors (Lipinski definition) is 5. The van der Waals surface area contributed by atoms with Crippen LogP contribution in [-0.4, -0.2) is 49.9 Å². The molecule has 0 aromatic carbocycles. The van der Waals surface area contributed by atoms with Gasteiger partial charge in [0, 0.05) is 19.1 Å². The molecule has 2 N–H and O–H groups in total. The van der Waals surface area contributed by atoms with E-state index in [1.54, 1.807) is 25.3 Å². The summed E-state index contributed by atoms with van der Waals surface area (Å²) in [4.78, 5) is 2.30. The Kier molecular flexibility index (Phi) is 7.08. The van der Waals surface area contributed by atoms with Gasteiger partial charge in [-0.15, -0.1) is 0 Å². The summed E-state index contributed by atoms with van der Waals surface area (Å²) in [5.41, 5.74) is 0. The Hall–Kier alpha value is -0.890. The van der Waals surface area contributed by atoms with Crippen LogP contribution in [0.25, 0.3) is 0 Å². The second-order valence-corrected chi connectivity index (χ2v) is 8.20. The van der Waals surface area contributed by atoms with Crippen LogP contribution >= 0.6 is 0 Å². The number of furan rings is 1. The van der Waals surface area contributed by atoms with Gasteiger partial charge < -0.3 is 9.52 Å². The Morgan fingerprint density at radius 3 is 2.96 bits per heavy atom. The third-order valence-corrected chi connectivity index (χ3v) is 5.87. The van der Waals surface area contributed by atoms with Crippen molar-refractivity contribution in [1.29, 1.82) is 0 Å². The predicted molar refractivity (Wildman–Crippen MR) is 89.6 cm³/mol. The lowest BCUT2D eigenvalue weighted by Gasteiger charge is -2.31. The average Bonchev–Trinajstić information content (AvgIpc) is 2.98. The summed E-state index contributed by atoms with van der Waals surface area (Å²) in [6.45, 7) is 3.68. The van der Waals surface area contributed by atoms with E-state index in [9.17, 15) is 13.5 Å². The molecule has 2 rings (SSSR count). The zero-order valence-corrected chi connectivity index (χ0v) is 14.6. The molecule has 23 heavy (non-hydrogen) atoms. The number of nitrogens with zero attached hydrogens (tertiary/aromatic N) is 1. The molecule has 1 saturated heterocycles. The lowest BCUT2D eigenvalue weighted by molar-refractivity contribution is 0.0872. The van der Waals surface area contributed by atoms with Crippen molar-refractivity contribution >= 4 is 10.0 Å². The molecule has 0 bridgehead atoms. The Balaban J connectivity index is 1.91. The van der Waals surface area contributed by atoms with Crippen molar-refractivity contribution in [3.8, 4) is 0 Å². The van der Waals surface area contributed by atoms with Gasteiger partial charge in [0.1, 0.15) is 11.9 Å². The summed E-state index contributed by atoms with van der Waals surface area (Å²) < 4.78 is 31.0. The number of aliphatic hydroxyl groups excluding tert-OH is 1. The summed E-state index contributed by atoms with van der Waals surface area (Å²) in [7, 11) is -3.15. The summed E-state index contributed by atoms with van der Waals surface area (Å²) in [5.74, 6) is 0.703. The molecule has 1 aromatic heterocycles. The largest absolute Gasteiger partial charge is 0.467 e. The Labute approximate surface area is 138 Å². The van der Waals surface area contributed by atoms with E-state index in [0.29, 0.717) is 25.3 Å². The van der Waals surface area contributed by atoms with Crippen molar-refractivity contribution in [2.45, 2.75) is 51.2 Å². The van der Waals surface area contributed by atoms with Gasteiger partial charge in [0.2, 0.25) is 10.0 Å². The third kappa shape index (κ3) is 5.91. The molecule has 0 aliphatic carbocycles. The van der Waals surface area contributed by atoms with Crippen LogP contribution in [0.3, 0.4) is 0 Å². The van der Waals surface area contributed by atoms with Gasteiger partial charge in [-0.25, -0.2) is 13.1 Å². The first-order valence-corrected chi connectivity index (χ1v) is 10.1. The van der Waals surface area contributed by atoms with Gasteiger partial charge in [-0.1, -0.05) is 12.8 Å². The minimum Gasteiger partial charge on any atom is -0.467 e. The van der Waals surface area contributed by atoms with Crippen molar-refractivity contribution in [3.05, 3.63) is 24.2 Å². The number of nitrogens with one attached hydrogen (secondary N) is 1. The lowest BCUT2D eigenvalue weighted by Crippen LogP contribution is -2.41. The second kappa shape index (κ2) is 8.82. The highest BCUT2D eigenvalue weighted by atomic mass is 32.2. The molecule has 0 amide bonds. The van der Waals surface area contributed by atoms with Crippen molar-refractivity contribution in [1.82, 2.24) is 9.62 Å². The van der Waals surface area contributed by atoms with E-state index in [-0.39, 0.29) is 11.8 Å². The topological polar surface area (TPSA) is 82.8 Å². The highest BCUT2D eigenvalue weighted by Gasteiger charge is 2.25. The average molecular weight is 344 g/mol. The number of sulfonamides is 1. The van der Waals surface area contributed by atoms with Gasteiger partial charge in [-0.2, -0.15) is 0 Å². The van der Waals surface area contributed by atoms with E-state index >= 15 is 0 Å². The first-order valence-electron chi connectivity index (χ1n) is 8.44. The smallest absolute Gasteiger partial charge is 0.211 e. The van der Waals surface area contributed by atoms with Crippen LogP contribution < -0.4 is 4.72 Å². The Bertz CT molecular complexity index is 544. The maximum absolute atomic E-state index is 11.5. The van der Waals surface area contributed by atoms with Crippen molar-refractivity contribution < 1.29 is 17.9 Å². The van der Waals surface area contributed by atoms with E-state index in [1.807, 2.05) is 0 Å². The molecule has 2 atom stereocenters. The van der Waals surface area contributed by atoms with Gasteiger partial charge in [0.15, 0.2) is 0 Å². The molecular formula is C16H28N2O4S. The Morgan fingerprint density at radius 2 is 2.26 bits per heavy atom. The molecule has 6 nitrogen and oxygen atoms in total. The highest BCUT2D eigenvalue weighted by Crippen LogP contribution is 2.26. The molecule has 0 saturated carbocycles. The van der Waals surface area contributed by atoms with Crippen LogP contribution in [0.15, 0.2) is 22.8 Å². The summed E-state index contributed by atoms with van der Waals surface area (Å²) >= 11 is 0. The Morgan fingerprint density at radius 1 is 1.43 bits per heavy atom. The van der Waals surface area contributed by atoms with E-state index in [2.05, 4.69) is 9.62 Å². The van der Waals surface area contributed by atoms with Gasteiger partial charge >= 0.3 is 0 Å². The molecule has 0 radical (unpaired) electrons. The fourth-order valence-electron chi connectivity index (χ4n) is 3.10. The van der Waals surface area contributed by atoms with Crippen molar-refractivity contribution in [2.24, 2.45) is 0 Å². The fraction of sp³-hybridized carbons (Fsp3) is 0.750. The van der Waals surface area contributed by atoms with Crippen LogP contribution in [-0.2, 0) is 10.0 Å². The molecule has 0 spiro atoms. The molecule has 1 fully saturated rings. The minimum atomic E-state index is -3.15. The van der Waals surface area contributed by atoms with E-state index in [0.717, 1.165) is 25.8 Å². The normalized spacial score (nSPS) is 21.9. The van der Waals surface area contributed by atoms with E-state index in [4.69, 9.17) is 4.42 Å².